The lowest BCUT2D eigenvalue weighted by Crippen LogP contribution is -2.48. The van der Waals surface area contributed by atoms with E-state index in [9.17, 15) is 4.79 Å². The average Bonchev–Trinajstić information content (AvgIpc) is 2.88. The molecule has 0 unspecified atom stereocenters. The van der Waals surface area contributed by atoms with E-state index in [0.717, 1.165) is 41.3 Å². The Hall–Kier alpha value is -2.27. The normalized spacial score (nSPS) is 17.6. The van der Waals surface area contributed by atoms with E-state index in [2.05, 4.69) is 20.8 Å². The van der Waals surface area contributed by atoms with Gasteiger partial charge in [-0.1, -0.05) is 68.9 Å². The summed E-state index contributed by atoms with van der Waals surface area (Å²) < 4.78 is 12.5. The van der Waals surface area contributed by atoms with E-state index < -0.39 is 0 Å². The van der Waals surface area contributed by atoms with Crippen molar-refractivity contribution in [3.05, 3.63) is 64.1 Å². The predicted molar refractivity (Wildman–Crippen MR) is 141 cm³/mol. The average molecular weight is 527 g/mol. The van der Waals surface area contributed by atoms with Crippen molar-refractivity contribution in [2.45, 2.75) is 82.9 Å². The molecule has 2 fully saturated rings. The predicted octanol–water partition coefficient (Wildman–Crippen LogP) is 7.54. The number of methoxy groups -OCH3 is 1. The highest BCUT2D eigenvalue weighted by Crippen LogP contribution is 2.38. The van der Waals surface area contributed by atoms with E-state index in [1.54, 1.807) is 13.2 Å². The fraction of sp³-hybridized carbons (Fsp3) is 0.483. The van der Waals surface area contributed by atoms with Crippen molar-refractivity contribution in [1.29, 1.82) is 0 Å². The molecule has 182 valence electrons. The maximum atomic E-state index is 13.5. The summed E-state index contributed by atoms with van der Waals surface area (Å²) in [6.45, 7) is 0.460. The zero-order chi connectivity index (χ0) is 23.8. The number of halogens is 1. The molecule has 5 heteroatoms. The van der Waals surface area contributed by atoms with E-state index in [1.165, 1.54) is 38.5 Å². The second-order valence-corrected chi connectivity index (χ2v) is 10.3. The van der Waals surface area contributed by atoms with Crippen molar-refractivity contribution < 1.29 is 14.3 Å². The van der Waals surface area contributed by atoms with E-state index in [1.807, 2.05) is 48.5 Å². The fourth-order valence-corrected chi connectivity index (χ4v) is 5.91. The first kappa shape index (κ1) is 24.8. The Morgan fingerprint density at radius 2 is 1.59 bits per heavy atom. The van der Waals surface area contributed by atoms with Crippen molar-refractivity contribution in [2.75, 3.05) is 7.11 Å². The lowest BCUT2D eigenvalue weighted by Gasteiger charge is -2.41. The van der Waals surface area contributed by atoms with Gasteiger partial charge in [0.15, 0.2) is 11.5 Å². The first-order chi connectivity index (χ1) is 16.7. The second-order valence-electron chi connectivity index (χ2n) is 9.47. The summed E-state index contributed by atoms with van der Waals surface area (Å²) in [5.41, 5.74) is 2.01. The Morgan fingerprint density at radius 3 is 2.18 bits per heavy atom. The summed E-state index contributed by atoms with van der Waals surface area (Å²) in [6, 6.07) is 14.8. The van der Waals surface area contributed by atoms with E-state index in [4.69, 9.17) is 9.47 Å². The molecule has 0 atom stereocenters. The number of carbonyl (C=O) groups is 1. The molecule has 34 heavy (non-hydrogen) atoms. The zero-order valence-electron chi connectivity index (χ0n) is 20.2. The molecule has 2 aliphatic rings. The highest BCUT2D eigenvalue weighted by molar-refractivity contribution is 9.10. The van der Waals surface area contributed by atoms with Gasteiger partial charge >= 0.3 is 0 Å². The smallest absolute Gasteiger partial charge is 0.247 e. The van der Waals surface area contributed by atoms with E-state index in [-0.39, 0.29) is 5.91 Å². The topological polar surface area (TPSA) is 38.8 Å². The summed E-state index contributed by atoms with van der Waals surface area (Å²) in [4.78, 5) is 15.7. The Morgan fingerprint density at radius 1 is 0.971 bits per heavy atom. The Kier molecular flexibility index (Phi) is 9.09. The molecule has 0 radical (unpaired) electrons. The number of nitrogens with zero attached hydrogens (tertiary/aromatic N) is 1. The number of amides is 1. The van der Waals surface area contributed by atoms with Gasteiger partial charge < -0.3 is 14.4 Å². The standard InChI is InChI=1S/C29H36BrNO3/c1-33-27-20-23(19-26(30)29(27)34-21-22-11-5-2-6-12-22)17-18-28(32)31(24-13-7-3-8-14-24)25-15-9-4-10-16-25/h2,5-6,11-12,17-20,24-25H,3-4,7-10,13-16,21H2,1H3/b18-17+. The molecule has 2 aromatic rings. The third-order valence-corrected chi connectivity index (χ3v) is 7.68. The van der Waals surface area contributed by atoms with Gasteiger partial charge in [-0.25, -0.2) is 0 Å². The van der Waals surface area contributed by atoms with Crippen LogP contribution >= 0.6 is 15.9 Å². The Labute approximate surface area is 212 Å². The third kappa shape index (κ3) is 6.44. The molecule has 0 saturated heterocycles. The molecule has 0 aliphatic heterocycles. The second kappa shape index (κ2) is 12.4. The maximum Gasteiger partial charge on any atom is 0.247 e. The van der Waals surface area contributed by atoms with Gasteiger partial charge in [-0.3, -0.25) is 4.79 Å². The number of hydrogen-bond acceptors (Lipinski definition) is 3. The minimum absolute atomic E-state index is 0.151. The number of benzene rings is 2. The third-order valence-electron chi connectivity index (χ3n) is 7.09. The molecule has 2 aromatic carbocycles. The quantitative estimate of drug-likeness (QED) is 0.334. The molecule has 2 saturated carbocycles. The van der Waals surface area contributed by atoms with Gasteiger partial charge in [-0.15, -0.1) is 0 Å². The molecule has 0 bridgehead atoms. The fourth-order valence-electron chi connectivity index (χ4n) is 5.34. The van der Waals surface area contributed by atoms with Crippen LogP contribution in [0.4, 0.5) is 0 Å². The van der Waals surface area contributed by atoms with Gasteiger partial charge in [0.1, 0.15) is 6.61 Å². The molecule has 2 aliphatic carbocycles. The highest BCUT2D eigenvalue weighted by Gasteiger charge is 2.31. The van der Waals surface area contributed by atoms with Crippen LogP contribution in [0, 0.1) is 0 Å². The van der Waals surface area contributed by atoms with Crippen LogP contribution < -0.4 is 9.47 Å². The molecule has 0 heterocycles. The SMILES string of the molecule is COc1cc(/C=C/C(=O)N(C2CCCCC2)C2CCCCC2)cc(Br)c1OCc1ccccc1. The highest BCUT2D eigenvalue weighted by atomic mass is 79.9. The number of rotatable bonds is 8. The summed E-state index contributed by atoms with van der Waals surface area (Å²) in [7, 11) is 1.64. The molecule has 1 amide bonds. The molecule has 0 N–H and O–H groups in total. The molecule has 0 aromatic heterocycles. The molecular weight excluding hydrogens is 490 g/mol. The maximum absolute atomic E-state index is 13.5. The van der Waals surface area contributed by atoms with Crippen LogP contribution in [0.25, 0.3) is 6.08 Å². The van der Waals surface area contributed by atoms with Crippen LogP contribution in [0.5, 0.6) is 11.5 Å². The number of hydrogen-bond donors (Lipinski definition) is 0. The van der Waals surface area contributed by atoms with Crippen molar-refractivity contribution in [1.82, 2.24) is 4.90 Å². The molecular formula is C29H36BrNO3. The minimum atomic E-state index is 0.151. The van der Waals surface area contributed by atoms with Crippen molar-refractivity contribution in [2.24, 2.45) is 0 Å². The van der Waals surface area contributed by atoms with Crippen molar-refractivity contribution in [3.63, 3.8) is 0 Å². The first-order valence-corrected chi connectivity index (χ1v) is 13.5. The molecule has 4 nitrogen and oxygen atoms in total. The van der Waals surface area contributed by atoms with Crippen LogP contribution in [-0.2, 0) is 11.4 Å². The summed E-state index contributed by atoms with van der Waals surface area (Å²) in [6.07, 6.45) is 15.8. The lowest BCUT2D eigenvalue weighted by atomic mass is 9.88. The van der Waals surface area contributed by atoms with Gasteiger partial charge in [-0.05, 0) is 70.9 Å². The van der Waals surface area contributed by atoms with Crippen LogP contribution in [0.15, 0.2) is 53.0 Å². The largest absolute Gasteiger partial charge is 0.493 e. The summed E-state index contributed by atoms with van der Waals surface area (Å²) in [5.74, 6) is 1.47. The van der Waals surface area contributed by atoms with Gasteiger partial charge in [0.05, 0.1) is 11.6 Å². The van der Waals surface area contributed by atoms with Gasteiger partial charge in [0.25, 0.3) is 0 Å². The van der Waals surface area contributed by atoms with Crippen LogP contribution in [0.1, 0.15) is 75.3 Å². The lowest BCUT2D eigenvalue weighted by molar-refractivity contribution is -0.132. The molecule has 0 spiro atoms. The Bertz CT molecular complexity index is 945. The van der Waals surface area contributed by atoms with Crippen LogP contribution in [-0.4, -0.2) is 30.0 Å². The molecule has 4 rings (SSSR count). The van der Waals surface area contributed by atoms with E-state index >= 15 is 0 Å². The van der Waals surface area contributed by atoms with Gasteiger partial charge in [0.2, 0.25) is 5.91 Å². The first-order valence-electron chi connectivity index (χ1n) is 12.7. The summed E-state index contributed by atoms with van der Waals surface area (Å²) in [5, 5.41) is 0. The number of carbonyl (C=O) groups excluding carboxylic acids is 1. The Balaban J connectivity index is 1.49. The summed E-state index contributed by atoms with van der Waals surface area (Å²) >= 11 is 3.64. The van der Waals surface area contributed by atoms with Crippen LogP contribution in [0.3, 0.4) is 0 Å². The van der Waals surface area contributed by atoms with Gasteiger partial charge in [0, 0.05) is 18.2 Å². The number of ether oxygens (including phenoxy) is 2. The van der Waals surface area contributed by atoms with E-state index in [0.29, 0.717) is 30.2 Å². The van der Waals surface area contributed by atoms with Gasteiger partial charge in [-0.2, -0.15) is 0 Å². The monoisotopic (exact) mass is 525 g/mol. The minimum Gasteiger partial charge on any atom is -0.493 e. The van der Waals surface area contributed by atoms with Crippen molar-refractivity contribution >= 4 is 27.9 Å². The zero-order valence-corrected chi connectivity index (χ0v) is 21.8. The van der Waals surface area contributed by atoms with Crippen molar-refractivity contribution in [3.8, 4) is 11.5 Å². The van der Waals surface area contributed by atoms with Crippen LogP contribution in [0.2, 0.25) is 0 Å².